The van der Waals surface area contributed by atoms with E-state index in [1.54, 1.807) is 37.3 Å². The van der Waals surface area contributed by atoms with Crippen LogP contribution in [-0.2, 0) is 32.3 Å². The van der Waals surface area contributed by atoms with Crippen LogP contribution in [-0.4, -0.2) is 50.9 Å². The first-order valence-corrected chi connectivity index (χ1v) is 15.9. The fourth-order valence-electron chi connectivity index (χ4n) is 5.34. The second-order valence-electron chi connectivity index (χ2n) is 10.7. The van der Waals surface area contributed by atoms with E-state index in [1.165, 1.54) is 42.3 Å². The number of rotatable bonds is 12. The highest BCUT2D eigenvalue weighted by atomic mass is 32.2. The third kappa shape index (κ3) is 7.90. The van der Waals surface area contributed by atoms with Crippen molar-refractivity contribution in [2.75, 3.05) is 18.0 Å². The summed E-state index contributed by atoms with van der Waals surface area (Å²) >= 11 is 0. The van der Waals surface area contributed by atoms with Gasteiger partial charge in [-0.3, -0.25) is 13.9 Å². The highest BCUT2D eigenvalue weighted by Crippen LogP contribution is 2.33. The predicted molar refractivity (Wildman–Crippen MR) is 160 cm³/mol. The molecule has 44 heavy (non-hydrogen) atoms. The molecule has 1 N–H and O–H groups in total. The van der Waals surface area contributed by atoms with Crippen LogP contribution >= 0.6 is 0 Å². The number of ether oxygens (including phenoxy) is 1. The molecule has 4 rings (SSSR count). The molecule has 0 saturated heterocycles. The Morgan fingerprint density at radius 3 is 2.30 bits per heavy atom. The van der Waals surface area contributed by atoms with Gasteiger partial charge in [0.15, 0.2) is 0 Å². The maximum Gasteiger partial charge on any atom is 0.416 e. The Hall–Kier alpha value is -4.06. The zero-order valence-electron chi connectivity index (χ0n) is 24.6. The second-order valence-corrected chi connectivity index (χ2v) is 12.5. The van der Waals surface area contributed by atoms with Gasteiger partial charge in [-0.2, -0.15) is 13.2 Å². The zero-order chi connectivity index (χ0) is 31.9. The summed E-state index contributed by atoms with van der Waals surface area (Å²) in [5, 5.41) is 3.02. The van der Waals surface area contributed by atoms with Crippen LogP contribution in [0.2, 0.25) is 0 Å². The number of hydrogen-bond acceptors (Lipinski definition) is 5. The molecule has 236 valence electrons. The number of carbonyl (C=O) groups is 2. The van der Waals surface area contributed by atoms with E-state index < -0.39 is 40.3 Å². The van der Waals surface area contributed by atoms with Crippen molar-refractivity contribution < 1.29 is 35.9 Å². The average Bonchev–Trinajstić information content (AvgIpc) is 3.52. The third-order valence-corrected chi connectivity index (χ3v) is 9.43. The normalized spacial score (nSPS) is 14.6. The van der Waals surface area contributed by atoms with Crippen LogP contribution in [0.3, 0.4) is 0 Å². The van der Waals surface area contributed by atoms with Gasteiger partial charge in [0.05, 0.1) is 23.3 Å². The number of nitrogens with zero attached hydrogens (tertiary/aromatic N) is 2. The lowest BCUT2D eigenvalue weighted by atomic mass is 10.1. The Morgan fingerprint density at radius 1 is 0.977 bits per heavy atom. The van der Waals surface area contributed by atoms with Crippen LogP contribution in [0.25, 0.3) is 0 Å². The van der Waals surface area contributed by atoms with Crippen LogP contribution < -0.4 is 14.4 Å². The largest absolute Gasteiger partial charge is 0.497 e. The number of hydrogen-bond donors (Lipinski definition) is 1. The molecule has 0 aliphatic heterocycles. The summed E-state index contributed by atoms with van der Waals surface area (Å²) in [6, 6.07) is 16.9. The SMILES string of the molecule is CC[C@H](C(=O)NC1CCCC1)N(Cc1cccc(OC)c1)C(=O)CN(c1cccc(C(F)(F)F)c1)S(=O)(=O)c1ccccc1. The van der Waals surface area contributed by atoms with Gasteiger partial charge in [0.25, 0.3) is 10.0 Å². The lowest BCUT2D eigenvalue weighted by Gasteiger charge is -2.34. The molecule has 0 bridgehead atoms. The number of sulfonamides is 1. The zero-order valence-corrected chi connectivity index (χ0v) is 25.4. The maximum absolute atomic E-state index is 14.2. The number of anilines is 1. The fraction of sp³-hybridized carbons (Fsp3) is 0.375. The number of nitrogens with one attached hydrogen (secondary N) is 1. The van der Waals surface area contributed by atoms with E-state index in [0.29, 0.717) is 21.7 Å². The molecule has 0 spiro atoms. The van der Waals surface area contributed by atoms with E-state index in [4.69, 9.17) is 4.74 Å². The molecule has 1 aliphatic carbocycles. The summed E-state index contributed by atoms with van der Waals surface area (Å²) in [7, 11) is -3.01. The Kier molecular flexibility index (Phi) is 10.6. The number of alkyl halides is 3. The minimum absolute atomic E-state index is 0.0228. The Bertz CT molecular complexity index is 1540. The van der Waals surface area contributed by atoms with Gasteiger partial charge in [-0.05, 0) is 67.3 Å². The van der Waals surface area contributed by atoms with Gasteiger partial charge in [0.1, 0.15) is 18.3 Å². The average molecular weight is 632 g/mol. The molecule has 1 fully saturated rings. The van der Waals surface area contributed by atoms with Crippen LogP contribution in [0.5, 0.6) is 5.75 Å². The molecule has 0 unspecified atom stereocenters. The molecular weight excluding hydrogens is 595 g/mol. The first kappa shape index (κ1) is 32.8. The van der Waals surface area contributed by atoms with Crippen molar-refractivity contribution in [1.82, 2.24) is 10.2 Å². The fourth-order valence-corrected chi connectivity index (χ4v) is 6.77. The quantitative estimate of drug-likeness (QED) is 0.274. The molecule has 8 nitrogen and oxygen atoms in total. The van der Waals surface area contributed by atoms with Gasteiger partial charge in [-0.25, -0.2) is 8.42 Å². The van der Waals surface area contributed by atoms with Crippen LogP contribution in [0.4, 0.5) is 18.9 Å². The smallest absolute Gasteiger partial charge is 0.416 e. The summed E-state index contributed by atoms with van der Waals surface area (Å²) in [6.45, 7) is 0.847. The minimum Gasteiger partial charge on any atom is -0.497 e. The molecular formula is C32H36F3N3O5S. The van der Waals surface area contributed by atoms with E-state index in [1.807, 2.05) is 0 Å². The Morgan fingerprint density at radius 2 is 1.66 bits per heavy atom. The monoisotopic (exact) mass is 631 g/mol. The number of amides is 2. The van der Waals surface area contributed by atoms with Gasteiger partial charge in [-0.15, -0.1) is 0 Å². The van der Waals surface area contributed by atoms with Crippen molar-refractivity contribution in [3.05, 3.63) is 90.0 Å². The topological polar surface area (TPSA) is 96.0 Å². The van der Waals surface area contributed by atoms with E-state index >= 15 is 0 Å². The van der Waals surface area contributed by atoms with Crippen LogP contribution in [0, 0.1) is 0 Å². The molecule has 1 saturated carbocycles. The second kappa shape index (κ2) is 14.1. The lowest BCUT2D eigenvalue weighted by Crippen LogP contribution is -2.53. The molecule has 12 heteroatoms. The van der Waals surface area contributed by atoms with Crippen LogP contribution in [0.15, 0.2) is 83.8 Å². The summed E-state index contributed by atoms with van der Waals surface area (Å²) < 4.78 is 74.7. The first-order chi connectivity index (χ1) is 20.9. The summed E-state index contributed by atoms with van der Waals surface area (Å²) in [5.74, 6) is -0.596. The van der Waals surface area contributed by atoms with Crippen molar-refractivity contribution >= 4 is 27.5 Å². The lowest BCUT2D eigenvalue weighted by molar-refractivity contribution is -0.140. The molecule has 3 aromatic carbocycles. The molecule has 1 aliphatic rings. The van der Waals surface area contributed by atoms with Crippen molar-refractivity contribution in [3.63, 3.8) is 0 Å². The van der Waals surface area contributed by atoms with E-state index in [-0.39, 0.29) is 35.5 Å². The highest BCUT2D eigenvalue weighted by molar-refractivity contribution is 7.92. The summed E-state index contributed by atoms with van der Waals surface area (Å²) in [4.78, 5) is 28.8. The molecule has 0 heterocycles. The number of methoxy groups -OCH3 is 1. The van der Waals surface area contributed by atoms with Crippen molar-refractivity contribution in [2.24, 2.45) is 0 Å². The molecule has 0 radical (unpaired) electrons. The molecule has 1 atom stereocenters. The summed E-state index contributed by atoms with van der Waals surface area (Å²) in [6.07, 6.45) is -0.903. The standard InChI is InChI=1S/C32H36F3N3O5S/c1-3-29(31(40)36-25-13-7-8-14-25)37(21-23-11-9-16-27(19-23)43-2)30(39)22-38(44(41,42)28-17-5-4-6-18-28)26-15-10-12-24(20-26)32(33,34)35/h4-6,9-12,15-20,25,29H,3,7-8,13-14,21-22H2,1-2H3,(H,36,40)/t29-/m1/s1. The van der Waals surface area contributed by atoms with Gasteiger partial charge >= 0.3 is 6.18 Å². The molecule has 2 amide bonds. The molecule has 0 aromatic heterocycles. The molecule has 3 aromatic rings. The first-order valence-electron chi connectivity index (χ1n) is 14.4. The maximum atomic E-state index is 14.2. The number of carbonyl (C=O) groups excluding carboxylic acids is 2. The predicted octanol–water partition coefficient (Wildman–Crippen LogP) is 5.78. The Balaban J connectivity index is 1.76. The van der Waals surface area contributed by atoms with Gasteiger partial charge < -0.3 is 15.0 Å². The van der Waals surface area contributed by atoms with Crippen molar-refractivity contribution in [1.29, 1.82) is 0 Å². The third-order valence-electron chi connectivity index (χ3n) is 7.65. The van der Waals surface area contributed by atoms with Gasteiger partial charge in [-0.1, -0.05) is 56.2 Å². The van der Waals surface area contributed by atoms with Gasteiger partial charge in [0, 0.05) is 12.6 Å². The number of halogens is 3. The highest BCUT2D eigenvalue weighted by Gasteiger charge is 2.36. The Labute approximate surface area is 255 Å². The van der Waals surface area contributed by atoms with Crippen molar-refractivity contribution in [2.45, 2.75) is 68.7 Å². The number of benzene rings is 3. The van der Waals surface area contributed by atoms with Crippen molar-refractivity contribution in [3.8, 4) is 5.75 Å². The van der Waals surface area contributed by atoms with E-state index in [0.717, 1.165) is 37.8 Å². The summed E-state index contributed by atoms with van der Waals surface area (Å²) in [5.41, 5.74) is -0.769. The minimum atomic E-state index is -4.74. The van der Waals surface area contributed by atoms with Gasteiger partial charge in [0.2, 0.25) is 11.8 Å². The van der Waals surface area contributed by atoms with E-state index in [2.05, 4.69) is 5.32 Å². The van der Waals surface area contributed by atoms with E-state index in [9.17, 15) is 31.2 Å². The van der Waals surface area contributed by atoms with Crippen LogP contribution in [0.1, 0.15) is 50.2 Å².